The second-order valence-corrected chi connectivity index (χ2v) is 6.64. The second-order valence-electron chi connectivity index (χ2n) is 6.64. The van der Waals surface area contributed by atoms with Gasteiger partial charge in [-0.15, -0.1) is 0 Å². The van der Waals surface area contributed by atoms with E-state index in [1.54, 1.807) is 26.8 Å². The van der Waals surface area contributed by atoms with Crippen LogP contribution in [0.15, 0.2) is 18.2 Å². The minimum absolute atomic E-state index is 0.159. The largest absolute Gasteiger partial charge is 0.459 e. The van der Waals surface area contributed by atoms with Crippen LogP contribution in [0, 0.1) is 19.8 Å². The zero-order valence-electron chi connectivity index (χ0n) is 14.1. The molecule has 1 aromatic rings. The Balaban J connectivity index is 2.94. The summed E-state index contributed by atoms with van der Waals surface area (Å²) in [5, 5.41) is 0. The minimum Gasteiger partial charge on any atom is -0.459 e. The molecule has 0 aromatic heterocycles. The van der Waals surface area contributed by atoms with Gasteiger partial charge in [-0.1, -0.05) is 23.8 Å². The molecule has 4 nitrogen and oxygen atoms in total. The van der Waals surface area contributed by atoms with E-state index in [0.29, 0.717) is 5.56 Å². The molecular weight excluding hydrogens is 280 g/mol. The number of Topliss-reactive ketones (excluding diaryl/α,β-unsaturated/α-hetero) is 2. The van der Waals surface area contributed by atoms with Crippen LogP contribution < -0.4 is 0 Å². The normalized spacial score (nSPS) is 12.6. The highest BCUT2D eigenvalue weighted by atomic mass is 16.6. The summed E-state index contributed by atoms with van der Waals surface area (Å²) in [6.45, 7) is 10.3. The average Bonchev–Trinajstić information content (AvgIpc) is 2.32. The van der Waals surface area contributed by atoms with Gasteiger partial charge >= 0.3 is 5.97 Å². The van der Waals surface area contributed by atoms with Crippen molar-refractivity contribution < 1.29 is 19.1 Å². The van der Waals surface area contributed by atoms with Crippen molar-refractivity contribution in [2.75, 3.05) is 0 Å². The van der Waals surface area contributed by atoms with Gasteiger partial charge in [0.15, 0.2) is 5.78 Å². The third kappa shape index (κ3) is 5.10. The van der Waals surface area contributed by atoms with Gasteiger partial charge in [0.25, 0.3) is 0 Å². The van der Waals surface area contributed by atoms with E-state index in [2.05, 4.69) is 0 Å². The average molecular weight is 304 g/mol. The van der Waals surface area contributed by atoms with E-state index in [1.807, 2.05) is 26.0 Å². The second kappa shape index (κ2) is 6.86. The maximum Gasteiger partial charge on any atom is 0.317 e. The Morgan fingerprint density at radius 3 is 2.18 bits per heavy atom. The van der Waals surface area contributed by atoms with E-state index in [0.717, 1.165) is 11.1 Å². The molecule has 0 fully saturated rings. The van der Waals surface area contributed by atoms with Gasteiger partial charge in [0.05, 0.1) is 0 Å². The molecule has 0 spiro atoms. The summed E-state index contributed by atoms with van der Waals surface area (Å²) in [5.74, 6) is -2.26. The maximum absolute atomic E-state index is 12.4. The summed E-state index contributed by atoms with van der Waals surface area (Å²) >= 11 is 0. The Morgan fingerprint density at radius 1 is 1.14 bits per heavy atom. The third-order valence-electron chi connectivity index (χ3n) is 3.25. The maximum atomic E-state index is 12.4. The Hall–Kier alpha value is -1.97. The lowest BCUT2D eigenvalue weighted by atomic mass is 9.92. The van der Waals surface area contributed by atoms with Crippen molar-refractivity contribution in [2.45, 2.75) is 53.6 Å². The highest BCUT2D eigenvalue weighted by Crippen LogP contribution is 2.19. The molecule has 0 saturated heterocycles. The first kappa shape index (κ1) is 18.1. The molecule has 0 amide bonds. The number of ketones is 2. The Labute approximate surface area is 131 Å². The summed E-state index contributed by atoms with van der Waals surface area (Å²) < 4.78 is 5.24. The zero-order chi connectivity index (χ0) is 17.1. The molecule has 0 bridgehead atoms. The molecule has 120 valence electrons. The number of benzene rings is 1. The van der Waals surface area contributed by atoms with Crippen LogP contribution in [-0.2, 0) is 14.3 Å². The van der Waals surface area contributed by atoms with Crippen LogP contribution in [0.5, 0.6) is 0 Å². The summed E-state index contributed by atoms with van der Waals surface area (Å²) in [4.78, 5) is 36.2. The van der Waals surface area contributed by atoms with Crippen LogP contribution >= 0.6 is 0 Å². The van der Waals surface area contributed by atoms with Gasteiger partial charge in [0.2, 0.25) is 0 Å². The lowest BCUT2D eigenvalue weighted by molar-refractivity contribution is -0.161. The van der Waals surface area contributed by atoms with Crippen molar-refractivity contribution in [3.8, 4) is 0 Å². The number of carbonyl (C=O) groups excluding carboxylic acids is 3. The highest BCUT2D eigenvalue weighted by molar-refractivity contribution is 6.06. The van der Waals surface area contributed by atoms with Crippen molar-refractivity contribution in [3.63, 3.8) is 0 Å². The van der Waals surface area contributed by atoms with Crippen LogP contribution in [0.1, 0.15) is 55.6 Å². The molecule has 1 rings (SSSR count). The van der Waals surface area contributed by atoms with E-state index in [1.165, 1.54) is 6.92 Å². The van der Waals surface area contributed by atoms with Gasteiger partial charge in [-0.2, -0.15) is 0 Å². The van der Waals surface area contributed by atoms with Crippen molar-refractivity contribution in [2.24, 2.45) is 5.92 Å². The highest BCUT2D eigenvalue weighted by Gasteiger charge is 2.31. The predicted octanol–water partition coefficient (Wildman–Crippen LogP) is 3.42. The van der Waals surface area contributed by atoms with E-state index < -0.39 is 17.5 Å². The molecule has 1 aromatic carbocycles. The predicted molar refractivity (Wildman–Crippen MR) is 84.9 cm³/mol. The van der Waals surface area contributed by atoms with E-state index >= 15 is 0 Å². The number of hydrogen-bond acceptors (Lipinski definition) is 4. The van der Waals surface area contributed by atoms with Gasteiger partial charge < -0.3 is 4.74 Å². The standard InChI is InChI=1S/C18H24O4/c1-11-7-8-14(12(2)9-11)16(20)10-15(13(3)19)17(21)22-18(4,5)6/h7-9,15H,10H2,1-6H3. The fourth-order valence-corrected chi connectivity index (χ4v) is 2.19. The number of carbonyl (C=O) groups is 3. The number of rotatable bonds is 5. The number of aryl methyl sites for hydroxylation is 2. The van der Waals surface area contributed by atoms with Crippen LogP contribution in [0.3, 0.4) is 0 Å². The molecule has 22 heavy (non-hydrogen) atoms. The molecule has 1 unspecified atom stereocenters. The number of esters is 1. The molecule has 0 heterocycles. The van der Waals surface area contributed by atoms with Crippen LogP contribution in [0.4, 0.5) is 0 Å². The molecule has 0 N–H and O–H groups in total. The topological polar surface area (TPSA) is 60.4 Å². The van der Waals surface area contributed by atoms with Crippen molar-refractivity contribution in [1.82, 2.24) is 0 Å². The molecule has 0 aliphatic carbocycles. The lowest BCUT2D eigenvalue weighted by Gasteiger charge is -2.22. The zero-order valence-corrected chi connectivity index (χ0v) is 14.1. The Morgan fingerprint density at radius 2 is 1.73 bits per heavy atom. The van der Waals surface area contributed by atoms with Crippen molar-refractivity contribution in [1.29, 1.82) is 0 Å². The molecule has 0 aliphatic heterocycles. The fraction of sp³-hybridized carbons (Fsp3) is 0.500. The quantitative estimate of drug-likeness (QED) is 0.475. The van der Waals surface area contributed by atoms with Crippen molar-refractivity contribution in [3.05, 3.63) is 34.9 Å². The SMILES string of the molecule is CC(=O)C(CC(=O)c1ccc(C)cc1C)C(=O)OC(C)(C)C. The summed E-state index contributed by atoms with van der Waals surface area (Å²) in [5.41, 5.74) is 1.76. The smallest absolute Gasteiger partial charge is 0.317 e. The van der Waals surface area contributed by atoms with E-state index in [9.17, 15) is 14.4 Å². The van der Waals surface area contributed by atoms with Crippen LogP contribution in [0.25, 0.3) is 0 Å². The van der Waals surface area contributed by atoms with E-state index in [-0.39, 0.29) is 18.0 Å². The molecule has 0 saturated carbocycles. The molecule has 0 radical (unpaired) electrons. The molecule has 4 heteroatoms. The monoisotopic (exact) mass is 304 g/mol. The lowest BCUT2D eigenvalue weighted by Crippen LogP contribution is -2.33. The third-order valence-corrected chi connectivity index (χ3v) is 3.25. The van der Waals surface area contributed by atoms with Crippen molar-refractivity contribution >= 4 is 17.5 Å². The van der Waals surface area contributed by atoms with Gasteiger partial charge in [-0.3, -0.25) is 14.4 Å². The van der Waals surface area contributed by atoms with Crippen LogP contribution in [0.2, 0.25) is 0 Å². The van der Waals surface area contributed by atoms with E-state index in [4.69, 9.17) is 4.74 Å². The fourth-order valence-electron chi connectivity index (χ4n) is 2.19. The number of hydrogen-bond donors (Lipinski definition) is 0. The Kier molecular flexibility index (Phi) is 5.64. The van der Waals surface area contributed by atoms with Gasteiger partial charge in [-0.05, 0) is 47.1 Å². The first-order valence-corrected chi connectivity index (χ1v) is 7.35. The summed E-state index contributed by atoms with van der Waals surface area (Å²) in [7, 11) is 0. The minimum atomic E-state index is -1.05. The van der Waals surface area contributed by atoms with Gasteiger partial charge in [-0.25, -0.2) is 0 Å². The van der Waals surface area contributed by atoms with Gasteiger partial charge in [0, 0.05) is 12.0 Å². The Bertz CT molecular complexity index is 594. The first-order valence-electron chi connectivity index (χ1n) is 7.35. The molecular formula is C18H24O4. The molecule has 0 aliphatic rings. The number of ether oxygens (including phenoxy) is 1. The summed E-state index contributed by atoms with van der Waals surface area (Å²) in [6, 6.07) is 5.49. The molecule has 1 atom stereocenters. The van der Waals surface area contributed by atoms with Crippen LogP contribution in [-0.4, -0.2) is 23.1 Å². The van der Waals surface area contributed by atoms with Gasteiger partial charge in [0.1, 0.15) is 17.3 Å². The first-order chi connectivity index (χ1) is 10.0. The summed E-state index contributed by atoms with van der Waals surface area (Å²) in [6.07, 6.45) is -0.159.